The van der Waals surface area contributed by atoms with Crippen LogP contribution >= 0.6 is 0 Å². The van der Waals surface area contributed by atoms with Crippen LogP contribution in [0.25, 0.3) is 10.8 Å². The van der Waals surface area contributed by atoms with Crippen LogP contribution in [0.5, 0.6) is 0 Å². The normalized spacial score (nSPS) is 14.9. The molecule has 0 spiro atoms. The Balaban J connectivity index is 2.50. The molecule has 2 atom stereocenters. The highest BCUT2D eigenvalue weighted by molar-refractivity contribution is 5.93. The predicted molar refractivity (Wildman–Crippen MR) is 105 cm³/mol. The molecular weight excluding hydrogens is 344 g/mol. The predicted octanol–water partition coefficient (Wildman–Crippen LogP) is 3.16. The zero-order valence-corrected chi connectivity index (χ0v) is 16.5. The first kappa shape index (κ1) is 20.9. The van der Waals surface area contributed by atoms with Crippen LogP contribution in [0.3, 0.4) is 0 Å². The van der Waals surface area contributed by atoms with Crippen molar-refractivity contribution in [2.24, 2.45) is 5.92 Å². The molecule has 2 aromatic rings. The zero-order chi connectivity index (χ0) is 20.2. The Hall–Kier alpha value is -2.44. The molecular formula is C21H28N2O4. The van der Waals surface area contributed by atoms with E-state index < -0.39 is 23.5 Å². The van der Waals surface area contributed by atoms with E-state index in [0.717, 1.165) is 16.3 Å². The minimum atomic E-state index is -1.24. The molecule has 0 aromatic heterocycles. The van der Waals surface area contributed by atoms with Gasteiger partial charge >= 0.3 is 11.9 Å². The van der Waals surface area contributed by atoms with Gasteiger partial charge in [0, 0.05) is 7.05 Å². The molecule has 0 fully saturated rings. The van der Waals surface area contributed by atoms with Crippen molar-refractivity contribution in [1.29, 1.82) is 0 Å². The molecule has 27 heavy (non-hydrogen) atoms. The second kappa shape index (κ2) is 8.50. The lowest BCUT2D eigenvalue weighted by Gasteiger charge is -2.37. The number of carboxylic acid groups (broad SMARTS) is 1. The van der Waals surface area contributed by atoms with Crippen LogP contribution in [-0.2, 0) is 19.9 Å². The third kappa shape index (κ3) is 4.46. The van der Waals surface area contributed by atoms with Crippen LogP contribution in [-0.4, -0.2) is 42.3 Å². The van der Waals surface area contributed by atoms with Crippen molar-refractivity contribution in [3.8, 4) is 0 Å². The highest BCUT2D eigenvalue weighted by atomic mass is 16.5. The Labute approximate surface area is 160 Å². The van der Waals surface area contributed by atoms with Gasteiger partial charge in [-0.1, -0.05) is 56.3 Å². The van der Waals surface area contributed by atoms with E-state index in [1.54, 1.807) is 14.0 Å². The van der Waals surface area contributed by atoms with Crippen LogP contribution in [0, 0.1) is 5.92 Å². The molecule has 0 unspecified atom stereocenters. The Morgan fingerprint density at radius 3 is 2.41 bits per heavy atom. The number of carbonyl (C=O) groups is 2. The minimum absolute atomic E-state index is 0.192. The molecule has 0 aliphatic carbocycles. The van der Waals surface area contributed by atoms with Gasteiger partial charge in [-0.25, -0.2) is 15.2 Å². The molecule has 0 radical (unpaired) electrons. The van der Waals surface area contributed by atoms with Gasteiger partial charge in [0.2, 0.25) is 0 Å². The topological polar surface area (TPSA) is 78.9 Å². The van der Waals surface area contributed by atoms with Crippen molar-refractivity contribution in [2.45, 2.75) is 38.8 Å². The van der Waals surface area contributed by atoms with Crippen molar-refractivity contribution in [1.82, 2.24) is 10.4 Å². The summed E-state index contributed by atoms with van der Waals surface area (Å²) in [7, 11) is 2.98. The number of benzene rings is 2. The number of hydrazine groups is 1. The summed E-state index contributed by atoms with van der Waals surface area (Å²) in [6.07, 6.45) is 0.450. The van der Waals surface area contributed by atoms with E-state index in [1.165, 1.54) is 12.1 Å². The van der Waals surface area contributed by atoms with Gasteiger partial charge in [0.05, 0.1) is 7.11 Å². The molecule has 0 saturated heterocycles. The number of fused-ring (bicyclic) bond motifs is 1. The van der Waals surface area contributed by atoms with Crippen LogP contribution in [0.1, 0.15) is 32.8 Å². The lowest BCUT2D eigenvalue weighted by molar-refractivity contribution is -0.155. The van der Waals surface area contributed by atoms with Crippen LogP contribution in [0.15, 0.2) is 42.5 Å². The zero-order valence-electron chi connectivity index (χ0n) is 16.5. The van der Waals surface area contributed by atoms with Crippen LogP contribution in [0.2, 0.25) is 0 Å². The highest BCUT2D eigenvalue weighted by Crippen LogP contribution is 2.30. The van der Waals surface area contributed by atoms with E-state index in [4.69, 9.17) is 4.74 Å². The first-order valence-corrected chi connectivity index (χ1v) is 9.00. The molecule has 2 aromatic carbocycles. The standard InChI is InChI=1S/C21H28N2O4/c1-14(2)13-18(19(24)25)23(4)22-21(3,20(26)27-5)17-12-8-10-15-9-6-7-11-16(15)17/h6-12,14,18,22H,13H2,1-5H3,(H,24,25)/t18-,21+/m0/s1. The largest absolute Gasteiger partial charge is 0.480 e. The van der Waals surface area contributed by atoms with E-state index >= 15 is 0 Å². The number of nitrogens with one attached hydrogen (secondary N) is 1. The summed E-state index contributed by atoms with van der Waals surface area (Å²) in [5.74, 6) is -1.24. The van der Waals surface area contributed by atoms with Crippen molar-refractivity contribution in [3.05, 3.63) is 48.0 Å². The van der Waals surface area contributed by atoms with E-state index in [-0.39, 0.29) is 5.92 Å². The number of aliphatic carboxylic acids is 1. The number of hydrogen-bond acceptors (Lipinski definition) is 5. The summed E-state index contributed by atoms with van der Waals surface area (Å²) in [5.41, 5.74) is 2.61. The first-order chi connectivity index (χ1) is 12.7. The van der Waals surface area contributed by atoms with Gasteiger partial charge in [-0.3, -0.25) is 4.79 Å². The molecule has 6 nitrogen and oxygen atoms in total. The van der Waals surface area contributed by atoms with E-state index in [2.05, 4.69) is 5.43 Å². The number of carbonyl (C=O) groups excluding carboxylic acids is 1. The lowest BCUT2D eigenvalue weighted by atomic mass is 9.88. The number of ether oxygens (including phenoxy) is 1. The number of nitrogens with zero attached hydrogens (tertiary/aromatic N) is 1. The molecule has 0 aliphatic heterocycles. The molecule has 6 heteroatoms. The molecule has 146 valence electrons. The third-order valence-electron chi connectivity index (χ3n) is 4.77. The Morgan fingerprint density at radius 1 is 1.19 bits per heavy atom. The number of rotatable bonds is 8. The van der Waals surface area contributed by atoms with E-state index in [1.807, 2.05) is 56.3 Å². The minimum Gasteiger partial charge on any atom is -0.480 e. The van der Waals surface area contributed by atoms with E-state index in [9.17, 15) is 14.7 Å². The number of carboxylic acids is 1. The molecule has 2 rings (SSSR count). The molecule has 0 bridgehead atoms. The van der Waals surface area contributed by atoms with E-state index in [0.29, 0.717) is 6.42 Å². The number of methoxy groups -OCH3 is 1. The molecule has 0 saturated carbocycles. The molecule has 0 heterocycles. The SMILES string of the molecule is COC(=O)[C@](C)(NN(C)[C@@H](CC(C)C)C(=O)O)c1cccc2ccccc12. The maximum atomic E-state index is 12.8. The highest BCUT2D eigenvalue weighted by Gasteiger charge is 2.40. The molecule has 2 N–H and O–H groups in total. The summed E-state index contributed by atoms with van der Waals surface area (Å²) in [6.45, 7) is 5.65. The van der Waals surface area contributed by atoms with Crippen molar-refractivity contribution in [3.63, 3.8) is 0 Å². The average molecular weight is 372 g/mol. The smallest absolute Gasteiger partial charge is 0.331 e. The fourth-order valence-electron chi connectivity index (χ4n) is 3.38. The Morgan fingerprint density at radius 2 is 1.81 bits per heavy atom. The average Bonchev–Trinajstić information content (AvgIpc) is 2.64. The summed E-state index contributed by atoms with van der Waals surface area (Å²) in [5, 5.41) is 13.0. The summed E-state index contributed by atoms with van der Waals surface area (Å²) in [6, 6.07) is 12.7. The van der Waals surface area contributed by atoms with Gasteiger partial charge in [-0.15, -0.1) is 0 Å². The fourth-order valence-corrected chi connectivity index (χ4v) is 3.38. The maximum Gasteiger partial charge on any atom is 0.331 e. The van der Waals surface area contributed by atoms with Gasteiger partial charge in [0.15, 0.2) is 5.54 Å². The first-order valence-electron chi connectivity index (χ1n) is 9.00. The van der Waals surface area contributed by atoms with Gasteiger partial charge < -0.3 is 9.84 Å². The molecule has 0 amide bonds. The third-order valence-corrected chi connectivity index (χ3v) is 4.77. The fraction of sp³-hybridized carbons (Fsp3) is 0.429. The second-order valence-electron chi connectivity index (χ2n) is 7.35. The van der Waals surface area contributed by atoms with Gasteiger partial charge in [-0.2, -0.15) is 0 Å². The quantitative estimate of drug-likeness (QED) is 0.547. The maximum absolute atomic E-state index is 12.8. The summed E-state index contributed by atoms with van der Waals surface area (Å²) >= 11 is 0. The molecule has 0 aliphatic rings. The van der Waals surface area contributed by atoms with Crippen molar-refractivity contribution < 1.29 is 19.4 Å². The van der Waals surface area contributed by atoms with Crippen LogP contribution < -0.4 is 5.43 Å². The van der Waals surface area contributed by atoms with Gasteiger partial charge in [0.1, 0.15) is 6.04 Å². The van der Waals surface area contributed by atoms with Crippen molar-refractivity contribution >= 4 is 22.7 Å². The Kier molecular flexibility index (Phi) is 6.57. The number of likely N-dealkylation sites (N-methyl/N-ethyl adjacent to an activating group) is 1. The second-order valence-corrected chi connectivity index (χ2v) is 7.35. The number of esters is 1. The Bertz CT molecular complexity index is 815. The monoisotopic (exact) mass is 372 g/mol. The summed E-state index contributed by atoms with van der Waals surface area (Å²) < 4.78 is 5.07. The lowest BCUT2D eigenvalue weighted by Crippen LogP contribution is -2.58. The summed E-state index contributed by atoms with van der Waals surface area (Å²) in [4.78, 5) is 24.5. The van der Waals surface area contributed by atoms with Gasteiger partial charge in [-0.05, 0) is 35.6 Å². The van der Waals surface area contributed by atoms with Crippen molar-refractivity contribution in [2.75, 3.05) is 14.2 Å². The van der Waals surface area contributed by atoms with Crippen LogP contribution in [0.4, 0.5) is 0 Å². The number of hydrogen-bond donors (Lipinski definition) is 2. The van der Waals surface area contributed by atoms with Gasteiger partial charge in [0.25, 0.3) is 0 Å².